The van der Waals surface area contributed by atoms with E-state index in [4.69, 9.17) is 9.47 Å². The Balaban J connectivity index is 2.18. The van der Waals surface area contributed by atoms with E-state index in [1.165, 1.54) is 0 Å². The number of carbonyl (C=O) groups is 1. The third-order valence-corrected chi connectivity index (χ3v) is 2.81. The molecule has 0 aromatic heterocycles. The first-order chi connectivity index (χ1) is 10.2. The molecular formula is C18H16O3. The van der Waals surface area contributed by atoms with Crippen LogP contribution in [0.5, 0.6) is 5.75 Å². The fourth-order valence-electron chi connectivity index (χ4n) is 1.76. The Morgan fingerprint density at radius 3 is 2.43 bits per heavy atom. The summed E-state index contributed by atoms with van der Waals surface area (Å²) < 4.78 is 10.1. The van der Waals surface area contributed by atoms with Crippen molar-refractivity contribution in [3.63, 3.8) is 0 Å². The molecule has 0 aliphatic carbocycles. The van der Waals surface area contributed by atoms with Crippen molar-refractivity contribution in [2.24, 2.45) is 0 Å². The lowest BCUT2D eigenvalue weighted by atomic mass is 10.1. The molecule has 2 rings (SSSR count). The lowest BCUT2D eigenvalue weighted by Gasteiger charge is -2.01. The number of rotatable bonds is 3. The summed E-state index contributed by atoms with van der Waals surface area (Å²) in [7, 11) is 1.63. The molecule has 21 heavy (non-hydrogen) atoms. The predicted molar refractivity (Wildman–Crippen MR) is 81.4 cm³/mol. The SMILES string of the molecule is CCOC(=O)c1cccc(C#Cc2ccc(OC)cc2)c1. The summed E-state index contributed by atoms with van der Waals surface area (Å²) in [5, 5.41) is 0. The van der Waals surface area contributed by atoms with Gasteiger partial charge in [-0.15, -0.1) is 0 Å². The second kappa shape index (κ2) is 7.16. The summed E-state index contributed by atoms with van der Waals surface area (Å²) in [6.07, 6.45) is 0. The lowest BCUT2D eigenvalue weighted by molar-refractivity contribution is 0.0526. The fraction of sp³-hybridized carbons (Fsp3) is 0.167. The monoisotopic (exact) mass is 280 g/mol. The van der Waals surface area contributed by atoms with E-state index in [0.717, 1.165) is 16.9 Å². The summed E-state index contributed by atoms with van der Waals surface area (Å²) in [4.78, 5) is 11.7. The van der Waals surface area contributed by atoms with E-state index in [2.05, 4.69) is 11.8 Å². The van der Waals surface area contributed by atoms with Gasteiger partial charge in [0.05, 0.1) is 19.3 Å². The first kappa shape index (κ1) is 14.7. The first-order valence-corrected chi connectivity index (χ1v) is 6.66. The summed E-state index contributed by atoms with van der Waals surface area (Å²) >= 11 is 0. The Morgan fingerprint density at radius 2 is 1.76 bits per heavy atom. The third kappa shape index (κ3) is 4.12. The van der Waals surface area contributed by atoms with Gasteiger partial charge in [0.25, 0.3) is 0 Å². The quantitative estimate of drug-likeness (QED) is 0.639. The van der Waals surface area contributed by atoms with Crippen LogP contribution in [0, 0.1) is 11.8 Å². The molecule has 0 N–H and O–H groups in total. The molecular weight excluding hydrogens is 264 g/mol. The summed E-state index contributed by atoms with van der Waals surface area (Å²) in [6.45, 7) is 2.14. The van der Waals surface area contributed by atoms with Crippen molar-refractivity contribution < 1.29 is 14.3 Å². The maximum atomic E-state index is 11.7. The highest BCUT2D eigenvalue weighted by Crippen LogP contribution is 2.11. The topological polar surface area (TPSA) is 35.5 Å². The van der Waals surface area contributed by atoms with Crippen LogP contribution in [0.4, 0.5) is 0 Å². The number of carbonyl (C=O) groups excluding carboxylic acids is 1. The Morgan fingerprint density at radius 1 is 1.05 bits per heavy atom. The van der Waals surface area contributed by atoms with E-state index in [-0.39, 0.29) is 5.97 Å². The number of ether oxygens (including phenoxy) is 2. The number of hydrogen-bond donors (Lipinski definition) is 0. The molecule has 0 fully saturated rings. The minimum absolute atomic E-state index is 0.328. The molecule has 2 aromatic carbocycles. The zero-order valence-electron chi connectivity index (χ0n) is 12.1. The van der Waals surface area contributed by atoms with Crippen molar-refractivity contribution >= 4 is 5.97 Å². The summed E-state index contributed by atoms with van der Waals surface area (Å²) in [5.74, 6) is 6.56. The summed E-state index contributed by atoms with van der Waals surface area (Å²) in [6, 6.07) is 14.6. The van der Waals surface area contributed by atoms with Crippen LogP contribution in [0.2, 0.25) is 0 Å². The number of hydrogen-bond acceptors (Lipinski definition) is 3. The van der Waals surface area contributed by atoms with Crippen LogP contribution in [0.1, 0.15) is 28.4 Å². The molecule has 0 saturated heterocycles. The Labute approximate surface area is 124 Å². The van der Waals surface area contributed by atoms with Gasteiger partial charge < -0.3 is 9.47 Å². The third-order valence-electron chi connectivity index (χ3n) is 2.81. The molecule has 0 saturated carbocycles. The second-order valence-corrected chi connectivity index (χ2v) is 4.28. The van der Waals surface area contributed by atoms with Crippen molar-refractivity contribution in [1.29, 1.82) is 0 Å². The molecule has 0 atom stereocenters. The molecule has 0 spiro atoms. The standard InChI is InChI=1S/C18H16O3/c1-3-21-18(19)16-6-4-5-15(13-16)8-7-14-9-11-17(20-2)12-10-14/h4-6,9-13H,3H2,1-2H3. The van der Waals surface area contributed by atoms with E-state index < -0.39 is 0 Å². The van der Waals surface area contributed by atoms with E-state index in [1.54, 1.807) is 32.2 Å². The Bertz CT molecular complexity index is 676. The van der Waals surface area contributed by atoms with Crippen molar-refractivity contribution in [3.05, 3.63) is 65.2 Å². The highest BCUT2D eigenvalue weighted by atomic mass is 16.5. The average Bonchev–Trinajstić information content (AvgIpc) is 2.54. The normalized spacial score (nSPS) is 9.43. The molecule has 0 unspecified atom stereocenters. The molecule has 0 aliphatic rings. The van der Waals surface area contributed by atoms with E-state index in [9.17, 15) is 4.79 Å². The van der Waals surface area contributed by atoms with Gasteiger partial charge in [-0.2, -0.15) is 0 Å². The van der Waals surface area contributed by atoms with E-state index in [0.29, 0.717) is 12.2 Å². The van der Waals surface area contributed by atoms with Crippen LogP contribution < -0.4 is 4.74 Å². The van der Waals surface area contributed by atoms with Gasteiger partial charge in [-0.05, 0) is 49.4 Å². The van der Waals surface area contributed by atoms with Crippen LogP contribution in [0.25, 0.3) is 0 Å². The molecule has 0 heterocycles. The highest BCUT2D eigenvalue weighted by Gasteiger charge is 2.05. The lowest BCUT2D eigenvalue weighted by Crippen LogP contribution is -2.04. The van der Waals surface area contributed by atoms with Gasteiger partial charge in [-0.1, -0.05) is 17.9 Å². The minimum Gasteiger partial charge on any atom is -0.497 e. The minimum atomic E-state index is -0.328. The van der Waals surface area contributed by atoms with Crippen molar-refractivity contribution in [2.75, 3.05) is 13.7 Å². The smallest absolute Gasteiger partial charge is 0.338 e. The van der Waals surface area contributed by atoms with Gasteiger partial charge in [0.15, 0.2) is 0 Å². The van der Waals surface area contributed by atoms with Crippen LogP contribution in [-0.2, 0) is 4.74 Å². The van der Waals surface area contributed by atoms with Crippen LogP contribution >= 0.6 is 0 Å². The maximum Gasteiger partial charge on any atom is 0.338 e. The maximum absolute atomic E-state index is 11.7. The van der Waals surface area contributed by atoms with Gasteiger partial charge in [0.2, 0.25) is 0 Å². The van der Waals surface area contributed by atoms with E-state index >= 15 is 0 Å². The molecule has 3 nitrogen and oxygen atoms in total. The molecule has 2 aromatic rings. The zero-order valence-corrected chi connectivity index (χ0v) is 12.1. The van der Waals surface area contributed by atoms with Gasteiger partial charge >= 0.3 is 5.97 Å². The van der Waals surface area contributed by atoms with Crippen LogP contribution in [0.15, 0.2) is 48.5 Å². The fourth-order valence-corrected chi connectivity index (χ4v) is 1.76. The van der Waals surface area contributed by atoms with Gasteiger partial charge in [-0.25, -0.2) is 4.79 Å². The Hall–Kier alpha value is -2.73. The number of methoxy groups -OCH3 is 1. The molecule has 0 aliphatic heterocycles. The largest absolute Gasteiger partial charge is 0.497 e. The second-order valence-electron chi connectivity index (χ2n) is 4.28. The number of esters is 1. The molecule has 0 amide bonds. The summed E-state index contributed by atoms with van der Waals surface area (Å²) in [5.41, 5.74) is 2.17. The first-order valence-electron chi connectivity index (χ1n) is 6.66. The van der Waals surface area contributed by atoms with Crippen molar-refractivity contribution in [1.82, 2.24) is 0 Å². The predicted octanol–water partition coefficient (Wildman–Crippen LogP) is 3.27. The number of benzene rings is 2. The van der Waals surface area contributed by atoms with Crippen molar-refractivity contribution in [2.45, 2.75) is 6.92 Å². The van der Waals surface area contributed by atoms with Crippen molar-refractivity contribution in [3.8, 4) is 17.6 Å². The van der Waals surface area contributed by atoms with Gasteiger partial charge in [-0.3, -0.25) is 0 Å². The zero-order chi connectivity index (χ0) is 15.1. The highest BCUT2D eigenvalue weighted by molar-refractivity contribution is 5.89. The Kier molecular flexibility index (Phi) is 5.00. The van der Waals surface area contributed by atoms with Gasteiger partial charge in [0, 0.05) is 11.1 Å². The van der Waals surface area contributed by atoms with Crippen LogP contribution in [0.3, 0.4) is 0 Å². The average molecular weight is 280 g/mol. The molecule has 0 bridgehead atoms. The van der Waals surface area contributed by atoms with Gasteiger partial charge in [0.1, 0.15) is 5.75 Å². The molecule has 0 radical (unpaired) electrons. The molecule has 106 valence electrons. The van der Waals surface area contributed by atoms with Crippen LogP contribution in [-0.4, -0.2) is 19.7 Å². The van der Waals surface area contributed by atoms with E-state index in [1.807, 2.05) is 30.3 Å². The molecule has 3 heteroatoms.